The third kappa shape index (κ3) is 3.66. The zero-order valence-electron chi connectivity index (χ0n) is 20.7. The Morgan fingerprint density at radius 1 is 1.07 bits per heavy atom. The minimum Gasteiger partial charge on any atom is -0.393 e. The van der Waals surface area contributed by atoms with Crippen molar-refractivity contribution in [1.29, 1.82) is 0 Å². The normalized spacial score (nSPS) is 45.6. The second kappa shape index (κ2) is 8.42. The fraction of sp³-hybridized carbons (Fsp3) is 0.862. The molecule has 0 heterocycles. The highest BCUT2D eigenvalue weighted by atomic mass is 16.3. The van der Waals surface area contributed by atoms with Gasteiger partial charge in [0.2, 0.25) is 0 Å². The molecule has 0 bridgehead atoms. The van der Waals surface area contributed by atoms with E-state index in [1.54, 1.807) is 0 Å². The SMILES string of the molecule is CC[C@H](C=C[C@@H](C)[C@H]1CC[C@H]2[C@@H]3CCC4CC(O)CC[C@]4(C)C3=CC[C@]12C)C(C)C. The molecule has 0 aromatic rings. The molecule has 0 radical (unpaired) electrons. The Kier molecular flexibility index (Phi) is 6.35. The zero-order chi connectivity index (χ0) is 21.7. The number of aliphatic hydroxyl groups excluding tert-OH is 1. The van der Waals surface area contributed by atoms with Crippen LogP contribution in [0.15, 0.2) is 23.8 Å². The van der Waals surface area contributed by atoms with Crippen LogP contribution in [0.1, 0.15) is 99.3 Å². The molecule has 0 aromatic carbocycles. The highest BCUT2D eigenvalue weighted by Gasteiger charge is 2.57. The summed E-state index contributed by atoms with van der Waals surface area (Å²) in [5, 5.41) is 10.3. The van der Waals surface area contributed by atoms with Gasteiger partial charge < -0.3 is 5.11 Å². The fourth-order valence-corrected chi connectivity index (χ4v) is 8.69. The molecule has 4 aliphatic carbocycles. The highest BCUT2D eigenvalue weighted by molar-refractivity contribution is 5.29. The molecule has 4 rings (SSSR count). The van der Waals surface area contributed by atoms with E-state index in [2.05, 4.69) is 59.8 Å². The molecule has 3 fully saturated rings. The maximum Gasteiger partial charge on any atom is 0.0543 e. The maximum absolute atomic E-state index is 10.3. The first kappa shape index (κ1) is 22.6. The van der Waals surface area contributed by atoms with Crippen molar-refractivity contribution in [3.8, 4) is 0 Å². The van der Waals surface area contributed by atoms with E-state index in [0.717, 1.165) is 42.4 Å². The Morgan fingerprint density at radius 2 is 1.83 bits per heavy atom. The molecule has 0 saturated heterocycles. The molecule has 0 aliphatic heterocycles. The summed E-state index contributed by atoms with van der Waals surface area (Å²) in [6, 6.07) is 0. The van der Waals surface area contributed by atoms with E-state index in [4.69, 9.17) is 0 Å². The lowest BCUT2D eigenvalue weighted by Crippen LogP contribution is -2.48. The first-order chi connectivity index (χ1) is 14.2. The average molecular weight is 413 g/mol. The van der Waals surface area contributed by atoms with E-state index in [1.807, 2.05) is 5.57 Å². The molecule has 2 unspecified atom stereocenters. The van der Waals surface area contributed by atoms with Crippen molar-refractivity contribution < 1.29 is 5.11 Å². The summed E-state index contributed by atoms with van der Waals surface area (Å²) in [6.45, 7) is 14.8. The summed E-state index contributed by atoms with van der Waals surface area (Å²) in [4.78, 5) is 0. The van der Waals surface area contributed by atoms with Crippen molar-refractivity contribution in [3.05, 3.63) is 23.8 Å². The van der Waals surface area contributed by atoms with Crippen molar-refractivity contribution in [3.63, 3.8) is 0 Å². The van der Waals surface area contributed by atoms with E-state index in [-0.39, 0.29) is 6.10 Å². The molecule has 1 nitrogen and oxygen atoms in total. The van der Waals surface area contributed by atoms with Gasteiger partial charge in [-0.3, -0.25) is 0 Å². The predicted molar refractivity (Wildman–Crippen MR) is 128 cm³/mol. The van der Waals surface area contributed by atoms with Crippen LogP contribution in [0.4, 0.5) is 0 Å². The number of hydrogen-bond acceptors (Lipinski definition) is 1. The Bertz CT molecular complexity index is 674. The Labute approximate surface area is 186 Å². The molecule has 170 valence electrons. The molecule has 3 saturated carbocycles. The van der Waals surface area contributed by atoms with Crippen LogP contribution < -0.4 is 0 Å². The fourth-order valence-electron chi connectivity index (χ4n) is 8.69. The lowest BCUT2D eigenvalue weighted by Gasteiger charge is -2.57. The standard InChI is InChI=1S/C29H48O/c1-7-21(19(2)3)9-8-20(4)25-12-13-26-24-11-10-22-18-23(30)14-16-28(22,5)27(24)15-17-29(25,26)6/h8-9,15,19-26,30H,7,10-14,16-18H2,1-6H3/t20-,21-,22?,23?,24+,25-,26+,28+,29-/m1/s1. The van der Waals surface area contributed by atoms with Crippen molar-refractivity contribution in [1.82, 2.24) is 0 Å². The summed E-state index contributed by atoms with van der Waals surface area (Å²) >= 11 is 0. The van der Waals surface area contributed by atoms with Crippen molar-refractivity contribution >= 4 is 0 Å². The smallest absolute Gasteiger partial charge is 0.0543 e. The van der Waals surface area contributed by atoms with Crippen molar-refractivity contribution in [2.75, 3.05) is 0 Å². The minimum atomic E-state index is -0.0460. The first-order valence-electron chi connectivity index (χ1n) is 13.3. The molecule has 0 amide bonds. The van der Waals surface area contributed by atoms with Crippen LogP contribution in [0, 0.1) is 52.3 Å². The van der Waals surface area contributed by atoms with Crippen LogP contribution in [0.25, 0.3) is 0 Å². The zero-order valence-corrected chi connectivity index (χ0v) is 20.7. The number of allylic oxidation sites excluding steroid dienone is 4. The molecule has 1 heteroatoms. The van der Waals surface area contributed by atoms with Gasteiger partial charge in [-0.2, -0.15) is 0 Å². The third-order valence-electron chi connectivity index (χ3n) is 10.7. The van der Waals surface area contributed by atoms with Gasteiger partial charge in [0, 0.05) is 0 Å². The van der Waals surface area contributed by atoms with Gasteiger partial charge in [-0.15, -0.1) is 0 Å². The molecule has 1 N–H and O–H groups in total. The van der Waals surface area contributed by atoms with Gasteiger partial charge in [-0.25, -0.2) is 0 Å². The van der Waals surface area contributed by atoms with E-state index >= 15 is 0 Å². The van der Waals surface area contributed by atoms with Crippen LogP contribution in [-0.2, 0) is 0 Å². The molecule has 30 heavy (non-hydrogen) atoms. The average Bonchev–Trinajstić information content (AvgIpc) is 3.06. The van der Waals surface area contributed by atoms with Gasteiger partial charge >= 0.3 is 0 Å². The molecule has 0 aromatic heterocycles. The molecular formula is C29H48O. The van der Waals surface area contributed by atoms with E-state index < -0.39 is 0 Å². The lowest BCUT2D eigenvalue weighted by molar-refractivity contribution is -0.0141. The Hall–Kier alpha value is -0.560. The van der Waals surface area contributed by atoms with Crippen molar-refractivity contribution in [2.24, 2.45) is 52.3 Å². The monoisotopic (exact) mass is 412 g/mol. The van der Waals surface area contributed by atoms with Gasteiger partial charge in [0.1, 0.15) is 0 Å². The quantitative estimate of drug-likeness (QED) is 0.457. The summed E-state index contributed by atoms with van der Waals surface area (Å²) in [7, 11) is 0. The molecule has 0 spiro atoms. The summed E-state index contributed by atoms with van der Waals surface area (Å²) in [6.07, 6.45) is 19.2. The van der Waals surface area contributed by atoms with Gasteiger partial charge in [-0.1, -0.05) is 65.3 Å². The number of aliphatic hydroxyl groups is 1. The van der Waals surface area contributed by atoms with Crippen LogP contribution in [0.3, 0.4) is 0 Å². The molecule has 4 aliphatic rings. The van der Waals surface area contributed by atoms with Crippen molar-refractivity contribution in [2.45, 2.75) is 105 Å². The van der Waals surface area contributed by atoms with Crippen LogP contribution in [0.2, 0.25) is 0 Å². The Morgan fingerprint density at radius 3 is 2.53 bits per heavy atom. The largest absolute Gasteiger partial charge is 0.393 e. The second-order valence-electron chi connectivity index (χ2n) is 12.4. The third-order valence-corrected chi connectivity index (χ3v) is 10.7. The van der Waals surface area contributed by atoms with Gasteiger partial charge in [0.15, 0.2) is 0 Å². The van der Waals surface area contributed by atoms with Crippen LogP contribution in [0.5, 0.6) is 0 Å². The summed E-state index contributed by atoms with van der Waals surface area (Å²) in [5.74, 6) is 5.42. The van der Waals surface area contributed by atoms with Gasteiger partial charge in [-0.05, 0) is 110 Å². The van der Waals surface area contributed by atoms with E-state index in [1.165, 1.54) is 44.9 Å². The number of rotatable bonds is 5. The van der Waals surface area contributed by atoms with E-state index in [0.29, 0.717) is 22.7 Å². The van der Waals surface area contributed by atoms with E-state index in [9.17, 15) is 5.11 Å². The van der Waals surface area contributed by atoms with Gasteiger partial charge in [0.25, 0.3) is 0 Å². The second-order valence-corrected chi connectivity index (χ2v) is 12.4. The first-order valence-corrected chi connectivity index (χ1v) is 13.3. The summed E-state index contributed by atoms with van der Waals surface area (Å²) in [5.41, 5.74) is 2.68. The minimum absolute atomic E-state index is 0.0460. The number of hydrogen-bond donors (Lipinski definition) is 1. The Balaban J connectivity index is 1.54. The molecular weight excluding hydrogens is 364 g/mol. The predicted octanol–water partition coefficient (Wildman–Crippen LogP) is 7.80. The number of fused-ring (bicyclic) bond motifs is 5. The van der Waals surface area contributed by atoms with Crippen LogP contribution >= 0.6 is 0 Å². The highest BCUT2D eigenvalue weighted by Crippen LogP contribution is 2.66. The maximum atomic E-state index is 10.3. The molecule has 9 atom stereocenters. The van der Waals surface area contributed by atoms with Gasteiger partial charge in [0.05, 0.1) is 6.10 Å². The van der Waals surface area contributed by atoms with Crippen LogP contribution in [-0.4, -0.2) is 11.2 Å². The lowest BCUT2D eigenvalue weighted by atomic mass is 9.48. The summed E-state index contributed by atoms with van der Waals surface area (Å²) < 4.78 is 0. The topological polar surface area (TPSA) is 20.2 Å².